The summed E-state index contributed by atoms with van der Waals surface area (Å²) in [6.07, 6.45) is 8.48. The van der Waals surface area contributed by atoms with Crippen molar-refractivity contribution in [2.75, 3.05) is 5.73 Å². The first-order chi connectivity index (χ1) is 8.67. The van der Waals surface area contributed by atoms with E-state index in [0.717, 1.165) is 29.7 Å². The minimum absolute atomic E-state index is 0.164. The second-order valence-electron chi connectivity index (χ2n) is 4.77. The van der Waals surface area contributed by atoms with E-state index in [0.29, 0.717) is 0 Å². The number of hydrogen-bond acceptors (Lipinski definition) is 5. The molecule has 4 N–H and O–H groups in total. The Kier molecular flexibility index (Phi) is 2.48. The fourth-order valence-electron chi connectivity index (χ4n) is 2.18. The summed E-state index contributed by atoms with van der Waals surface area (Å²) < 4.78 is 0. The summed E-state index contributed by atoms with van der Waals surface area (Å²) in [4.78, 5) is 12.3. The molecule has 5 heteroatoms. The molecule has 1 aliphatic rings. The first kappa shape index (κ1) is 11.1. The maximum atomic E-state index is 6.25. The van der Waals surface area contributed by atoms with Gasteiger partial charge in [-0.15, -0.1) is 0 Å². The maximum absolute atomic E-state index is 6.25. The third-order valence-corrected chi connectivity index (χ3v) is 3.55. The Labute approximate surface area is 105 Å². The van der Waals surface area contributed by atoms with Crippen LogP contribution >= 0.6 is 0 Å². The first-order valence-electron chi connectivity index (χ1n) is 6.01. The van der Waals surface area contributed by atoms with Gasteiger partial charge in [-0.3, -0.25) is 4.98 Å². The van der Waals surface area contributed by atoms with E-state index in [1.54, 1.807) is 12.4 Å². The van der Waals surface area contributed by atoms with Crippen LogP contribution in [0.25, 0.3) is 11.3 Å². The van der Waals surface area contributed by atoms with Crippen molar-refractivity contribution >= 4 is 5.95 Å². The topological polar surface area (TPSA) is 90.7 Å². The predicted molar refractivity (Wildman–Crippen MR) is 69.4 cm³/mol. The quantitative estimate of drug-likeness (QED) is 0.830. The van der Waals surface area contributed by atoms with Gasteiger partial charge >= 0.3 is 0 Å². The van der Waals surface area contributed by atoms with E-state index in [4.69, 9.17) is 11.5 Å². The lowest BCUT2D eigenvalue weighted by Crippen LogP contribution is -2.43. The molecule has 5 nitrogen and oxygen atoms in total. The Hall–Kier alpha value is -2.01. The normalized spacial score (nSPS) is 17.2. The molecule has 2 heterocycles. The predicted octanol–water partition coefficient (Wildman–Crippen LogP) is 1.46. The molecule has 1 saturated carbocycles. The van der Waals surface area contributed by atoms with Crippen molar-refractivity contribution < 1.29 is 0 Å². The number of nitrogens with two attached hydrogens (primary N) is 2. The summed E-state index contributed by atoms with van der Waals surface area (Å²) in [7, 11) is 0. The standard InChI is InChI=1S/C13H15N5/c14-12-17-6-9(7-18-12)11-3-2-10(8-16-11)13(15)4-1-5-13/h2-3,6-8H,1,4-5,15H2,(H2,14,17,18). The molecular formula is C13H15N5. The minimum Gasteiger partial charge on any atom is -0.368 e. The summed E-state index contributed by atoms with van der Waals surface area (Å²) in [5.74, 6) is 0.269. The highest BCUT2D eigenvalue weighted by Crippen LogP contribution is 2.38. The molecule has 2 aromatic rings. The van der Waals surface area contributed by atoms with Crippen LogP contribution in [0.4, 0.5) is 5.95 Å². The number of pyridine rings is 1. The van der Waals surface area contributed by atoms with Gasteiger partial charge in [-0.25, -0.2) is 9.97 Å². The van der Waals surface area contributed by atoms with Gasteiger partial charge in [-0.2, -0.15) is 0 Å². The Morgan fingerprint density at radius 2 is 1.72 bits per heavy atom. The molecule has 0 aliphatic heterocycles. The molecule has 1 fully saturated rings. The SMILES string of the molecule is Nc1ncc(-c2ccc(C3(N)CCC3)cn2)cn1. The average Bonchev–Trinajstić information content (AvgIpc) is 2.37. The summed E-state index contributed by atoms with van der Waals surface area (Å²) >= 11 is 0. The van der Waals surface area contributed by atoms with Gasteiger partial charge < -0.3 is 11.5 Å². The highest BCUT2D eigenvalue weighted by atomic mass is 15.0. The minimum atomic E-state index is -0.164. The molecule has 0 bridgehead atoms. The van der Waals surface area contributed by atoms with Gasteiger partial charge in [0.1, 0.15) is 0 Å². The third-order valence-electron chi connectivity index (χ3n) is 3.55. The molecule has 92 valence electrons. The van der Waals surface area contributed by atoms with E-state index in [9.17, 15) is 0 Å². The molecule has 0 amide bonds. The van der Waals surface area contributed by atoms with Crippen molar-refractivity contribution in [1.82, 2.24) is 15.0 Å². The van der Waals surface area contributed by atoms with Gasteiger partial charge in [0.25, 0.3) is 0 Å². The maximum Gasteiger partial charge on any atom is 0.219 e. The van der Waals surface area contributed by atoms with Crippen molar-refractivity contribution in [1.29, 1.82) is 0 Å². The lowest BCUT2D eigenvalue weighted by molar-refractivity contribution is 0.253. The van der Waals surface area contributed by atoms with Crippen LogP contribution in [0.3, 0.4) is 0 Å². The van der Waals surface area contributed by atoms with Crippen molar-refractivity contribution in [3.63, 3.8) is 0 Å². The largest absolute Gasteiger partial charge is 0.368 e. The van der Waals surface area contributed by atoms with E-state index >= 15 is 0 Å². The summed E-state index contributed by atoms with van der Waals surface area (Å²) in [6.45, 7) is 0. The second-order valence-corrected chi connectivity index (χ2v) is 4.77. The molecule has 2 aromatic heterocycles. The van der Waals surface area contributed by atoms with Gasteiger partial charge in [0.15, 0.2) is 0 Å². The van der Waals surface area contributed by atoms with E-state index in [2.05, 4.69) is 15.0 Å². The molecule has 0 radical (unpaired) electrons. The van der Waals surface area contributed by atoms with Crippen LogP contribution in [0.5, 0.6) is 0 Å². The van der Waals surface area contributed by atoms with Crippen LogP contribution in [-0.2, 0) is 5.54 Å². The first-order valence-corrected chi connectivity index (χ1v) is 6.01. The van der Waals surface area contributed by atoms with Crippen molar-refractivity contribution in [3.05, 3.63) is 36.3 Å². The van der Waals surface area contributed by atoms with Crippen molar-refractivity contribution in [2.24, 2.45) is 5.73 Å². The fourth-order valence-corrected chi connectivity index (χ4v) is 2.18. The highest BCUT2D eigenvalue weighted by Gasteiger charge is 2.34. The van der Waals surface area contributed by atoms with E-state index < -0.39 is 0 Å². The Balaban J connectivity index is 1.89. The zero-order chi connectivity index (χ0) is 12.6. The number of anilines is 1. The second kappa shape index (κ2) is 4.03. The smallest absolute Gasteiger partial charge is 0.219 e. The Morgan fingerprint density at radius 3 is 2.22 bits per heavy atom. The lowest BCUT2D eigenvalue weighted by Gasteiger charge is -2.38. The summed E-state index contributed by atoms with van der Waals surface area (Å²) in [5, 5.41) is 0. The molecule has 0 unspecified atom stereocenters. The zero-order valence-corrected chi connectivity index (χ0v) is 10.0. The summed E-state index contributed by atoms with van der Waals surface area (Å²) in [6, 6.07) is 4.00. The fraction of sp³-hybridized carbons (Fsp3) is 0.308. The number of hydrogen-bond donors (Lipinski definition) is 2. The van der Waals surface area contributed by atoms with Crippen LogP contribution < -0.4 is 11.5 Å². The molecule has 0 aromatic carbocycles. The Bertz CT molecular complexity index is 543. The van der Waals surface area contributed by atoms with E-state index in [-0.39, 0.29) is 11.5 Å². The van der Waals surface area contributed by atoms with E-state index in [1.165, 1.54) is 6.42 Å². The van der Waals surface area contributed by atoms with Gasteiger partial charge in [0, 0.05) is 29.7 Å². The molecule has 0 saturated heterocycles. The zero-order valence-electron chi connectivity index (χ0n) is 10.0. The van der Waals surface area contributed by atoms with Crippen molar-refractivity contribution in [3.8, 4) is 11.3 Å². The van der Waals surface area contributed by atoms with Gasteiger partial charge in [-0.1, -0.05) is 6.07 Å². The van der Waals surface area contributed by atoms with Gasteiger partial charge in [-0.05, 0) is 30.9 Å². The number of rotatable bonds is 2. The number of nitrogens with zero attached hydrogens (tertiary/aromatic N) is 3. The van der Waals surface area contributed by atoms with Crippen LogP contribution in [0.1, 0.15) is 24.8 Å². The molecule has 0 spiro atoms. The van der Waals surface area contributed by atoms with Crippen molar-refractivity contribution in [2.45, 2.75) is 24.8 Å². The van der Waals surface area contributed by atoms with Crippen LogP contribution in [0.2, 0.25) is 0 Å². The van der Waals surface area contributed by atoms with Crippen LogP contribution in [0.15, 0.2) is 30.7 Å². The summed E-state index contributed by atoms with van der Waals surface area (Å²) in [5.41, 5.74) is 14.3. The highest BCUT2D eigenvalue weighted by molar-refractivity contribution is 5.57. The molecular weight excluding hydrogens is 226 g/mol. The third kappa shape index (κ3) is 1.82. The number of nitrogen functional groups attached to an aromatic ring is 1. The molecule has 1 aliphatic carbocycles. The molecule has 3 rings (SSSR count). The molecule has 18 heavy (non-hydrogen) atoms. The molecule has 0 atom stereocenters. The van der Waals surface area contributed by atoms with Crippen LogP contribution in [0, 0.1) is 0 Å². The van der Waals surface area contributed by atoms with E-state index in [1.807, 2.05) is 18.3 Å². The average molecular weight is 241 g/mol. The van der Waals surface area contributed by atoms with Crippen LogP contribution in [-0.4, -0.2) is 15.0 Å². The number of aromatic nitrogens is 3. The van der Waals surface area contributed by atoms with Gasteiger partial charge in [0.05, 0.1) is 5.69 Å². The Morgan fingerprint density at radius 1 is 1.00 bits per heavy atom. The van der Waals surface area contributed by atoms with Gasteiger partial charge in [0.2, 0.25) is 5.95 Å². The monoisotopic (exact) mass is 241 g/mol. The lowest BCUT2D eigenvalue weighted by atomic mass is 9.73.